The number of hydrogen-bond donors (Lipinski definition) is 3. The zero-order valence-electron chi connectivity index (χ0n) is 12.2. The van der Waals surface area contributed by atoms with Crippen LogP contribution in [0.15, 0.2) is 23.4 Å². The molecule has 2 rings (SSSR count). The molecular formula is C14H18N4O2S. The van der Waals surface area contributed by atoms with E-state index in [0.717, 1.165) is 16.6 Å². The molecule has 112 valence electrons. The normalized spacial score (nSPS) is 12.1. The number of nitrogens with zero attached hydrogens (tertiary/aromatic N) is 1. The van der Waals surface area contributed by atoms with Crippen LogP contribution in [0, 0.1) is 6.92 Å². The molecule has 0 saturated heterocycles. The summed E-state index contributed by atoms with van der Waals surface area (Å²) < 4.78 is 0. The molecule has 2 aromatic rings. The number of imide groups is 1. The quantitative estimate of drug-likeness (QED) is 0.756. The highest BCUT2D eigenvalue weighted by Crippen LogP contribution is 2.23. The summed E-state index contributed by atoms with van der Waals surface area (Å²) in [5, 5.41) is 5.05. The summed E-state index contributed by atoms with van der Waals surface area (Å²) in [6.45, 7) is 6.01. The number of carbonyl (C=O) groups is 2. The molecule has 0 radical (unpaired) electrons. The third-order valence-corrected chi connectivity index (χ3v) is 3.83. The van der Waals surface area contributed by atoms with Gasteiger partial charge in [-0.05, 0) is 38.5 Å². The first-order valence-electron chi connectivity index (χ1n) is 6.71. The van der Waals surface area contributed by atoms with E-state index >= 15 is 0 Å². The number of rotatable bonds is 4. The molecule has 0 aliphatic heterocycles. The molecule has 1 aromatic carbocycles. The Labute approximate surface area is 127 Å². The topological polar surface area (TPSA) is 86.9 Å². The lowest BCUT2D eigenvalue weighted by Crippen LogP contribution is -2.42. The SMILES string of the molecule is CCNC(=O)NC(=O)C(C)Sc1nc2ccc(C)cc2[nH]1. The largest absolute Gasteiger partial charge is 0.338 e. The maximum Gasteiger partial charge on any atom is 0.321 e. The Hall–Kier alpha value is -2.02. The number of urea groups is 1. The van der Waals surface area contributed by atoms with Crippen molar-refractivity contribution >= 4 is 34.7 Å². The minimum Gasteiger partial charge on any atom is -0.338 e. The fraction of sp³-hybridized carbons (Fsp3) is 0.357. The Balaban J connectivity index is 2.02. The van der Waals surface area contributed by atoms with Crippen molar-refractivity contribution in [3.05, 3.63) is 23.8 Å². The van der Waals surface area contributed by atoms with Crippen molar-refractivity contribution in [3.63, 3.8) is 0 Å². The highest BCUT2D eigenvalue weighted by atomic mass is 32.2. The number of fused-ring (bicyclic) bond motifs is 1. The van der Waals surface area contributed by atoms with Gasteiger partial charge in [-0.3, -0.25) is 10.1 Å². The van der Waals surface area contributed by atoms with Crippen molar-refractivity contribution in [3.8, 4) is 0 Å². The highest BCUT2D eigenvalue weighted by molar-refractivity contribution is 8.00. The van der Waals surface area contributed by atoms with Gasteiger partial charge in [0, 0.05) is 6.54 Å². The number of aromatic nitrogens is 2. The first-order chi connectivity index (χ1) is 9.99. The zero-order valence-corrected chi connectivity index (χ0v) is 13.0. The lowest BCUT2D eigenvalue weighted by atomic mass is 10.2. The number of carbonyl (C=O) groups excluding carboxylic acids is 2. The predicted molar refractivity (Wildman–Crippen MR) is 83.4 cm³/mol. The molecule has 0 spiro atoms. The molecule has 1 heterocycles. The number of H-pyrrole nitrogens is 1. The first-order valence-corrected chi connectivity index (χ1v) is 7.59. The second kappa shape index (κ2) is 6.62. The van der Waals surface area contributed by atoms with Crippen LogP contribution in [0.4, 0.5) is 4.79 Å². The highest BCUT2D eigenvalue weighted by Gasteiger charge is 2.18. The van der Waals surface area contributed by atoms with E-state index in [0.29, 0.717) is 11.7 Å². The molecule has 3 N–H and O–H groups in total. The number of nitrogens with one attached hydrogen (secondary N) is 3. The van der Waals surface area contributed by atoms with Crippen LogP contribution < -0.4 is 10.6 Å². The molecule has 3 amide bonds. The number of amides is 3. The van der Waals surface area contributed by atoms with Crippen molar-refractivity contribution < 1.29 is 9.59 Å². The van der Waals surface area contributed by atoms with Crippen molar-refractivity contribution in [1.29, 1.82) is 0 Å². The Morgan fingerprint density at radius 2 is 2.19 bits per heavy atom. The van der Waals surface area contributed by atoms with E-state index in [1.165, 1.54) is 11.8 Å². The van der Waals surface area contributed by atoms with Gasteiger partial charge < -0.3 is 10.3 Å². The van der Waals surface area contributed by atoms with Crippen LogP contribution in [0.3, 0.4) is 0 Å². The van der Waals surface area contributed by atoms with Crippen molar-refractivity contribution in [2.75, 3.05) is 6.54 Å². The van der Waals surface area contributed by atoms with Gasteiger partial charge >= 0.3 is 6.03 Å². The Bertz CT molecular complexity index is 668. The van der Waals surface area contributed by atoms with Gasteiger partial charge in [-0.2, -0.15) is 0 Å². The fourth-order valence-electron chi connectivity index (χ4n) is 1.80. The van der Waals surface area contributed by atoms with E-state index < -0.39 is 11.3 Å². The third kappa shape index (κ3) is 3.98. The zero-order chi connectivity index (χ0) is 15.4. The van der Waals surface area contributed by atoms with E-state index in [-0.39, 0.29) is 5.91 Å². The predicted octanol–water partition coefficient (Wildman–Crippen LogP) is 2.20. The standard InChI is InChI=1S/C14H18N4O2S/c1-4-15-13(20)18-12(19)9(3)21-14-16-10-6-5-8(2)7-11(10)17-14/h5-7,9H,4H2,1-3H3,(H,16,17)(H2,15,18,19,20). The van der Waals surface area contributed by atoms with Crippen LogP contribution in [0.25, 0.3) is 11.0 Å². The maximum atomic E-state index is 11.9. The van der Waals surface area contributed by atoms with E-state index in [1.54, 1.807) is 13.8 Å². The Kier molecular flexibility index (Phi) is 4.85. The van der Waals surface area contributed by atoms with Gasteiger partial charge in [0.2, 0.25) is 5.91 Å². The number of hydrogen-bond acceptors (Lipinski definition) is 4. The van der Waals surface area contributed by atoms with E-state index in [4.69, 9.17) is 0 Å². The molecule has 1 atom stereocenters. The molecule has 1 aromatic heterocycles. The van der Waals surface area contributed by atoms with Gasteiger partial charge in [-0.1, -0.05) is 17.8 Å². The molecule has 0 aliphatic carbocycles. The Morgan fingerprint density at radius 1 is 1.43 bits per heavy atom. The smallest absolute Gasteiger partial charge is 0.321 e. The minimum atomic E-state index is -0.477. The van der Waals surface area contributed by atoms with Gasteiger partial charge in [0.1, 0.15) is 0 Å². The second-order valence-corrected chi connectivity index (χ2v) is 6.00. The second-order valence-electron chi connectivity index (χ2n) is 4.67. The summed E-state index contributed by atoms with van der Waals surface area (Å²) in [5.74, 6) is -0.345. The monoisotopic (exact) mass is 306 g/mol. The van der Waals surface area contributed by atoms with Gasteiger partial charge in [-0.15, -0.1) is 0 Å². The van der Waals surface area contributed by atoms with Gasteiger partial charge in [0.15, 0.2) is 5.16 Å². The lowest BCUT2D eigenvalue weighted by molar-refractivity contribution is -0.119. The van der Waals surface area contributed by atoms with Crippen LogP contribution >= 0.6 is 11.8 Å². The van der Waals surface area contributed by atoms with E-state index in [1.807, 2.05) is 25.1 Å². The molecule has 0 bridgehead atoms. The molecule has 7 heteroatoms. The minimum absolute atomic E-state index is 0.345. The van der Waals surface area contributed by atoms with E-state index in [9.17, 15) is 9.59 Å². The summed E-state index contributed by atoms with van der Waals surface area (Å²) in [7, 11) is 0. The summed E-state index contributed by atoms with van der Waals surface area (Å²) in [5.41, 5.74) is 2.94. The van der Waals surface area contributed by atoms with E-state index in [2.05, 4.69) is 20.6 Å². The molecule has 21 heavy (non-hydrogen) atoms. The van der Waals surface area contributed by atoms with Crippen molar-refractivity contribution in [1.82, 2.24) is 20.6 Å². The maximum absolute atomic E-state index is 11.9. The van der Waals surface area contributed by atoms with Crippen molar-refractivity contribution in [2.24, 2.45) is 0 Å². The van der Waals surface area contributed by atoms with Gasteiger partial charge in [0.25, 0.3) is 0 Å². The Morgan fingerprint density at radius 3 is 2.90 bits per heavy atom. The molecule has 1 unspecified atom stereocenters. The van der Waals surface area contributed by atoms with Crippen LogP contribution in [-0.2, 0) is 4.79 Å². The molecule has 6 nitrogen and oxygen atoms in total. The van der Waals surface area contributed by atoms with Gasteiger partial charge in [0.05, 0.1) is 16.3 Å². The van der Waals surface area contributed by atoms with Crippen LogP contribution in [-0.4, -0.2) is 33.7 Å². The first kappa shape index (κ1) is 15.4. The number of aromatic amines is 1. The fourth-order valence-corrected chi connectivity index (χ4v) is 2.62. The number of aryl methyl sites for hydroxylation is 1. The van der Waals surface area contributed by atoms with Gasteiger partial charge in [-0.25, -0.2) is 9.78 Å². The summed E-state index contributed by atoms with van der Waals surface area (Å²) in [6.07, 6.45) is 0. The molecular weight excluding hydrogens is 288 g/mol. The van der Waals surface area contributed by atoms with Crippen LogP contribution in [0.2, 0.25) is 0 Å². The van der Waals surface area contributed by atoms with Crippen molar-refractivity contribution in [2.45, 2.75) is 31.2 Å². The summed E-state index contributed by atoms with van der Waals surface area (Å²) in [4.78, 5) is 30.8. The number of benzene rings is 1. The molecule has 0 aliphatic rings. The molecule has 0 fully saturated rings. The molecule has 0 saturated carbocycles. The van der Waals surface area contributed by atoms with Crippen LogP contribution in [0.1, 0.15) is 19.4 Å². The number of thioether (sulfide) groups is 1. The average Bonchev–Trinajstić information content (AvgIpc) is 2.80. The van der Waals surface area contributed by atoms with Crippen LogP contribution in [0.5, 0.6) is 0 Å². The summed E-state index contributed by atoms with van der Waals surface area (Å²) in [6, 6.07) is 5.45. The lowest BCUT2D eigenvalue weighted by Gasteiger charge is -2.09. The summed E-state index contributed by atoms with van der Waals surface area (Å²) >= 11 is 1.28. The third-order valence-electron chi connectivity index (χ3n) is 2.85. The number of imidazole rings is 1. The average molecular weight is 306 g/mol.